The second-order valence-electron chi connectivity index (χ2n) is 2.57. The monoisotopic (exact) mass is 129 g/mol. The van der Waals surface area contributed by atoms with E-state index < -0.39 is 0 Å². The molecule has 1 saturated carbocycles. The summed E-state index contributed by atoms with van der Waals surface area (Å²) in [7, 11) is 1.74. The molecule has 2 nitrogen and oxygen atoms in total. The Morgan fingerprint density at radius 3 is 2.78 bits per heavy atom. The van der Waals surface area contributed by atoms with Crippen LogP contribution in [0.5, 0.6) is 0 Å². The van der Waals surface area contributed by atoms with Crippen LogP contribution >= 0.6 is 0 Å². The number of nitrogens with one attached hydrogen (secondary N) is 1. The fourth-order valence-corrected chi connectivity index (χ4v) is 0.977. The number of methoxy groups -OCH3 is 1. The van der Waals surface area contributed by atoms with Crippen molar-refractivity contribution in [3.63, 3.8) is 0 Å². The first-order valence-corrected chi connectivity index (χ1v) is 3.66. The van der Waals surface area contributed by atoms with E-state index in [4.69, 9.17) is 4.74 Å². The first kappa shape index (κ1) is 7.03. The number of hydrogen-bond acceptors (Lipinski definition) is 2. The van der Waals surface area contributed by atoms with Crippen LogP contribution in [-0.2, 0) is 4.74 Å². The summed E-state index contributed by atoms with van der Waals surface area (Å²) in [6.45, 7) is 1.86. The van der Waals surface area contributed by atoms with Crippen LogP contribution in [0.15, 0.2) is 0 Å². The van der Waals surface area contributed by atoms with Crippen molar-refractivity contribution in [2.75, 3.05) is 20.3 Å². The first-order chi connectivity index (χ1) is 4.43. The summed E-state index contributed by atoms with van der Waals surface area (Å²) >= 11 is 0. The van der Waals surface area contributed by atoms with Crippen LogP contribution in [0.25, 0.3) is 0 Å². The van der Waals surface area contributed by atoms with Crippen molar-refractivity contribution in [3.05, 3.63) is 0 Å². The molecule has 1 aliphatic carbocycles. The molecule has 9 heavy (non-hydrogen) atoms. The molecule has 0 heterocycles. The van der Waals surface area contributed by atoms with Crippen LogP contribution < -0.4 is 5.32 Å². The molecular weight excluding hydrogens is 114 g/mol. The van der Waals surface area contributed by atoms with Crippen molar-refractivity contribution >= 4 is 0 Å². The maximum Gasteiger partial charge on any atom is 0.0587 e. The van der Waals surface area contributed by atoms with Gasteiger partial charge in [-0.05, 0) is 12.8 Å². The van der Waals surface area contributed by atoms with Crippen LogP contribution in [-0.4, -0.2) is 26.3 Å². The van der Waals surface area contributed by atoms with Crippen molar-refractivity contribution < 1.29 is 4.74 Å². The molecule has 0 bridgehead atoms. The van der Waals surface area contributed by atoms with E-state index in [2.05, 4.69) is 5.32 Å². The fraction of sp³-hybridized carbons (Fsp3) is 1.00. The van der Waals surface area contributed by atoms with Gasteiger partial charge < -0.3 is 10.1 Å². The van der Waals surface area contributed by atoms with Crippen LogP contribution in [0, 0.1) is 0 Å². The van der Waals surface area contributed by atoms with E-state index in [0.29, 0.717) is 0 Å². The van der Waals surface area contributed by atoms with Crippen LogP contribution in [0.3, 0.4) is 0 Å². The van der Waals surface area contributed by atoms with Gasteiger partial charge in [-0.2, -0.15) is 0 Å². The zero-order chi connectivity index (χ0) is 6.53. The molecule has 0 saturated heterocycles. The highest BCUT2D eigenvalue weighted by Gasteiger charge is 2.15. The summed E-state index contributed by atoms with van der Waals surface area (Å²) in [6.07, 6.45) is 4.14. The molecule has 1 fully saturated rings. The lowest BCUT2D eigenvalue weighted by molar-refractivity contribution is 0.188. The maximum absolute atomic E-state index is 4.90. The molecule has 2 heteroatoms. The van der Waals surface area contributed by atoms with Gasteiger partial charge in [-0.1, -0.05) is 6.42 Å². The lowest BCUT2D eigenvalue weighted by Crippen LogP contribution is -2.36. The molecule has 1 aliphatic rings. The Morgan fingerprint density at radius 1 is 1.56 bits per heavy atom. The molecular formula is C7H15NO. The molecule has 54 valence electrons. The second-order valence-corrected chi connectivity index (χ2v) is 2.57. The van der Waals surface area contributed by atoms with E-state index in [1.807, 2.05) is 0 Å². The molecule has 0 aromatic carbocycles. The number of hydrogen-bond donors (Lipinski definition) is 1. The average Bonchev–Trinajstić information content (AvgIpc) is 1.76. The predicted molar refractivity (Wildman–Crippen MR) is 37.5 cm³/mol. The highest BCUT2D eigenvalue weighted by atomic mass is 16.5. The Labute approximate surface area is 56.6 Å². The molecule has 0 unspecified atom stereocenters. The quantitative estimate of drug-likeness (QED) is 0.566. The molecule has 0 spiro atoms. The molecule has 0 aromatic rings. The Hall–Kier alpha value is -0.0800. The van der Waals surface area contributed by atoms with E-state index in [1.165, 1.54) is 19.3 Å². The minimum absolute atomic E-state index is 0.806. The third kappa shape index (κ3) is 2.33. The topological polar surface area (TPSA) is 21.3 Å². The van der Waals surface area contributed by atoms with Gasteiger partial charge in [0.15, 0.2) is 0 Å². The zero-order valence-corrected chi connectivity index (χ0v) is 6.02. The fourth-order valence-electron chi connectivity index (χ4n) is 0.977. The lowest BCUT2D eigenvalue weighted by Gasteiger charge is -2.26. The van der Waals surface area contributed by atoms with Crippen molar-refractivity contribution in [3.8, 4) is 0 Å². The number of ether oxygens (including phenoxy) is 1. The van der Waals surface area contributed by atoms with Gasteiger partial charge in [0.2, 0.25) is 0 Å². The average molecular weight is 129 g/mol. The molecule has 1 rings (SSSR count). The van der Waals surface area contributed by atoms with E-state index in [0.717, 1.165) is 19.2 Å². The minimum atomic E-state index is 0.806. The molecule has 1 N–H and O–H groups in total. The number of rotatable bonds is 4. The molecule has 0 amide bonds. The highest BCUT2D eigenvalue weighted by molar-refractivity contribution is 4.75. The lowest BCUT2D eigenvalue weighted by atomic mass is 9.93. The van der Waals surface area contributed by atoms with E-state index >= 15 is 0 Å². The Kier molecular flexibility index (Phi) is 3.01. The van der Waals surface area contributed by atoms with Crippen molar-refractivity contribution in [1.82, 2.24) is 5.32 Å². The van der Waals surface area contributed by atoms with Crippen LogP contribution in [0.2, 0.25) is 0 Å². The largest absolute Gasteiger partial charge is 0.383 e. The zero-order valence-electron chi connectivity index (χ0n) is 6.02. The van der Waals surface area contributed by atoms with E-state index in [9.17, 15) is 0 Å². The molecule has 0 atom stereocenters. The van der Waals surface area contributed by atoms with Gasteiger partial charge in [0.1, 0.15) is 0 Å². The molecule has 0 radical (unpaired) electrons. The van der Waals surface area contributed by atoms with Crippen molar-refractivity contribution in [1.29, 1.82) is 0 Å². The first-order valence-electron chi connectivity index (χ1n) is 3.66. The second kappa shape index (κ2) is 3.85. The van der Waals surface area contributed by atoms with Gasteiger partial charge in [-0.15, -0.1) is 0 Å². The Morgan fingerprint density at radius 2 is 2.33 bits per heavy atom. The standard InChI is InChI=1S/C7H15NO/c1-9-6-5-8-7-3-2-4-7/h7-8H,2-6H2,1H3. The minimum Gasteiger partial charge on any atom is -0.383 e. The van der Waals surface area contributed by atoms with Crippen molar-refractivity contribution in [2.24, 2.45) is 0 Å². The Bertz CT molecular complexity index is 71.3. The third-order valence-corrected chi connectivity index (χ3v) is 1.84. The third-order valence-electron chi connectivity index (χ3n) is 1.84. The Balaban J connectivity index is 1.80. The van der Waals surface area contributed by atoms with E-state index in [1.54, 1.807) is 7.11 Å². The van der Waals surface area contributed by atoms with E-state index in [-0.39, 0.29) is 0 Å². The summed E-state index contributed by atoms with van der Waals surface area (Å²) in [6, 6.07) is 0.806. The highest BCUT2D eigenvalue weighted by Crippen LogP contribution is 2.17. The normalized spacial score (nSPS) is 19.7. The van der Waals surface area contributed by atoms with Crippen molar-refractivity contribution in [2.45, 2.75) is 25.3 Å². The van der Waals surface area contributed by atoms with Crippen LogP contribution in [0.1, 0.15) is 19.3 Å². The summed E-state index contributed by atoms with van der Waals surface area (Å²) in [5, 5.41) is 3.40. The summed E-state index contributed by atoms with van der Waals surface area (Å²) < 4.78 is 4.90. The van der Waals surface area contributed by atoms with Gasteiger partial charge >= 0.3 is 0 Å². The van der Waals surface area contributed by atoms with Crippen LogP contribution in [0.4, 0.5) is 0 Å². The van der Waals surface area contributed by atoms with Gasteiger partial charge in [0.25, 0.3) is 0 Å². The molecule has 0 aromatic heterocycles. The SMILES string of the molecule is COCCNC1CCC1. The van der Waals surface area contributed by atoms with Gasteiger partial charge in [0.05, 0.1) is 6.61 Å². The van der Waals surface area contributed by atoms with Gasteiger partial charge in [-0.25, -0.2) is 0 Å². The predicted octanol–water partition coefficient (Wildman–Crippen LogP) is 0.775. The van der Waals surface area contributed by atoms with Gasteiger partial charge in [0, 0.05) is 19.7 Å². The smallest absolute Gasteiger partial charge is 0.0587 e. The maximum atomic E-state index is 4.90. The summed E-state index contributed by atoms with van der Waals surface area (Å²) in [4.78, 5) is 0. The summed E-state index contributed by atoms with van der Waals surface area (Å²) in [5.41, 5.74) is 0. The van der Waals surface area contributed by atoms with Gasteiger partial charge in [-0.3, -0.25) is 0 Å². The molecule has 0 aliphatic heterocycles. The summed E-state index contributed by atoms with van der Waals surface area (Å²) in [5.74, 6) is 0.